The molecule has 0 saturated carbocycles. The van der Waals surface area contributed by atoms with E-state index in [-0.39, 0.29) is 0 Å². The molecule has 25 atom stereocenters. The van der Waals surface area contributed by atoms with Gasteiger partial charge < -0.3 is 130 Å². The summed E-state index contributed by atoms with van der Waals surface area (Å²) in [6.45, 7) is -1.11. The number of carbonyl (C=O) groups is 3. The normalized spacial score (nSPS) is 47.1. The maximum absolute atomic E-state index is 12.4. The van der Waals surface area contributed by atoms with Gasteiger partial charge in [-0.3, -0.25) is 14.4 Å². The third-order valence-electron chi connectivity index (χ3n) is 11.5. The second-order valence-electron chi connectivity index (χ2n) is 16.2. The smallest absolute Gasteiger partial charge is 0.217 e. The minimum absolute atomic E-state index is 0.700. The summed E-state index contributed by atoms with van der Waals surface area (Å²) >= 11 is 0. The molecule has 5 aliphatic rings. The van der Waals surface area contributed by atoms with Gasteiger partial charge in [0, 0.05) is 20.8 Å². The fraction of sp³-hybridized carbons (Fsp3) is 0.917. The van der Waals surface area contributed by atoms with Gasteiger partial charge >= 0.3 is 0 Å². The first-order valence-corrected chi connectivity index (χ1v) is 20.6. The molecule has 5 fully saturated rings. The van der Waals surface area contributed by atoms with Crippen molar-refractivity contribution >= 4 is 17.7 Å². The first-order valence-electron chi connectivity index (χ1n) is 20.6. The molecule has 0 aromatic rings. The SMILES string of the molecule is CC(=O)N[C@H]1[C@H](OC[C@H]2OC(O)[C@H](NC(C)=O)[C@@H](O[C@@H]3O[C@H](CO)[C@H](O)[C@H](O)[C@H]3O)[C@H]2O)O[C@H](CO)[C@H](O[C@@H]2O[C@H](CO)[C@H](O[C@@H]3O[C@H](CO)[C@@H](O)[C@H](O)[C@H]3NC(C)=O)[C@H](O)[C@H]2O)[C@@H]1O. The highest BCUT2D eigenvalue weighted by molar-refractivity contribution is 5.74. The number of aliphatic hydroxyl groups is 14. The Hall–Kier alpha value is -2.51. The molecule has 0 aromatic heterocycles. The van der Waals surface area contributed by atoms with Crippen LogP contribution in [0.3, 0.4) is 0 Å². The van der Waals surface area contributed by atoms with Crippen LogP contribution in [0.5, 0.6) is 0 Å². The molecular weight excluding hydrogens is 890 g/mol. The number of amides is 3. The topological polar surface area (TPSA) is 454 Å². The predicted molar refractivity (Wildman–Crippen MR) is 201 cm³/mol. The zero-order chi connectivity index (χ0) is 48.2. The molecule has 29 nitrogen and oxygen atoms in total. The predicted octanol–water partition coefficient (Wildman–Crippen LogP) is -11.5. The average molecular weight is 952 g/mol. The third-order valence-corrected chi connectivity index (χ3v) is 11.5. The van der Waals surface area contributed by atoms with Gasteiger partial charge in [-0.15, -0.1) is 0 Å². The van der Waals surface area contributed by atoms with Crippen LogP contribution in [0, 0.1) is 0 Å². The van der Waals surface area contributed by atoms with E-state index in [4.69, 9.17) is 42.6 Å². The van der Waals surface area contributed by atoms with Crippen LogP contribution in [0.15, 0.2) is 0 Å². The largest absolute Gasteiger partial charge is 0.394 e. The number of aliphatic hydroxyl groups excluding tert-OH is 14. The fourth-order valence-corrected chi connectivity index (χ4v) is 8.14. The maximum Gasteiger partial charge on any atom is 0.217 e. The van der Waals surface area contributed by atoms with Crippen molar-refractivity contribution in [3.63, 3.8) is 0 Å². The molecule has 1 unspecified atom stereocenters. The molecule has 3 amide bonds. The van der Waals surface area contributed by atoms with Crippen molar-refractivity contribution in [2.75, 3.05) is 33.0 Å². The number of hydrogen-bond donors (Lipinski definition) is 17. The van der Waals surface area contributed by atoms with Gasteiger partial charge in [0.15, 0.2) is 31.5 Å². The Morgan fingerprint density at radius 3 is 1.32 bits per heavy atom. The highest BCUT2D eigenvalue weighted by Crippen LogP contribution is 2.34. The Kier molecular flexibility index (Phi) is 19.1. The molecule has 0 aliphatic carbocycles. The molecule has 29 heteroatoms. The van der Waals surface area contributed by atoms with Gasteiger partial charge in [0.1, 0.15) is 122 Å². The van der Waals surface area contributed by atoms with Gasteiger partial charge in [-0.1, -0.05) is 0 Å². The van der Waals surface area contributed by atoms with E-state index in [1.54, 1.807) is 0 Å². The lowest BCUT2D eigenvalue weighted by Crippen LogP contribution is -2.69. The van der Waals surface area contributed by atoms with Gasteiger partial charge in [-0.2, -0.15) is 0 Å². The Morgan fingerprint density at radius 1 is 0.400 bits per heavy atom. The molecule has 0 spiro atoms. The lowest BCUT2D eigenvalue weighted by molar-refractivity contribution is -0.370. The molecule has 5 heterocycles. The Balaban J connectivity index is 1.30. The second kappa shape index (κ2) is 23.2. The van der Waals surface area contributed by atoms with Crippen molar-refractivity contribution in [2.45, 2.75) is 174 Å². The van der Waals surface area contributed by atoms with E-state index in [2.05, 4.69) is 16.0 Å². The van der Waals surface area contributed by atoms with Crippen LogP contribution < -0.4 is 16.0 Å². The number of ether oxygens (including phenoxy) is 9. The molecule has 0 radical (unpaired) electrons. The lowest BCUT2D eigenvalue weighted by atomic mass is 9.94. The summed E-state index contributed by atoms with van der Waals surface area (Å²) in [5.74, 6) is -2.20. The standard InChI is InChI=1S/C36H61N3O26/c1-9(44)37-17-23(50)20(47)12(4-40)59-34(17)63-30-15(7-43)62-36(28(55)26(30)53)64-29-14(6-42)61-33(18(24(29)51)38-10(2)45)57-8-16-22(49)31(19(32(56)58-16)39-11(3)46)65-35-27(54)25(52)21(48)13(5-41)60-35/h12-36,40-43,47-56H,4-8H2,1-3H3,(H,37,44)(H,38,45)(H,39,46)/t12-,13-,14-,15-,16-,17-,18-,19-,20-,21+,22+,23-,24-,25+,26-,27-,28-,29+,30+,31-,32?,33-,34+,35+,36+/m1/s1. The molecule has 17 N–H and O–H groups in total. The summed E-state index contributed by atoms with van der Waals surface area (Å²) in [4.78, 5) is 36.3. The third kappa shape index (κ3) is 12.0. The van der Waals surface area contributed by atoms with E-state index in [1.165, 1.54) is 0 Å². The van der Waals surface area contributed by atoms with E-state index in [1.807, 2.05) is 0 Å². The summed E-state index contributed by atoms with van der Waals surface area (Å²) in [5.41, 5.74) is 0. The van der Waals surface area contributed by atoms with E-state index in [9.17, 15) is 85.9 Å². The van der Waals surface area contributed by atoms with E-state index < -0.39 is 204 Å². The van der Waals surface area contributed by atoms with Gasteiger partial charge in [-0.25, -0.2) is 0 Å². The highest BCUT2D eigenvalue weighted by atomic mass is 16.8. The average Bonchev–Trinajstić information content (AvgIpc) is 3.26. The van der Waals surface area contributed by atoms with Gasteiger partial charge in [0.2, 0.25) is 17.7 Å². The lowest BCUT2D eigenvalue weighted by Gasteiger charge is -2.49. The first kappa shape index (κ1) is 53.4. The number of carbonyl (C=O) groups excluding carboxylic acids is 3. The fourth-order valence-electron chi connectivity index (χ4n) is 8.14. The molecule has 5 rings (SSSR count). The highest BCUT2D eigenvalue weighted by Gasteiger charge is 2.56. The van der Waals surface area contributed by atoms with Crippen LogP contribution in [0.25, 0.3) is 0 Å². The second-order valence-corrected chi connectivity index (χ2v) is 16.2. The Bertz CT molecular complexity index is 1550. The van der Waals surface area contributed by atoms with Crippen molar-refractivity contribution in [1.82, 2.24) is 16.0 Å². The van der Waals surface area contributed by atoms with Crippen molar-refractivity contribution in [3.8, 4) is 0 Å². The van der Waals surface area contributed by atoms with Crippen LogP contribution in [-0.4, -0.2) is 276 Å². The van der Waals surface area contributed by atoms with E-state index in [0.717, 1.165) is 20.8 Å². The summed E-state index contributed by atoms with van der Waals surface area (Å²) in [5, 5.41) is 155. The van der Waals surface area contributed by atoms with Gasteiger partial charge in [-0.05, 0) is 0 Å². The van der Waals surface area contributed by atoms with Gasteiger partial charge in [0.25, 0.3) is 0 Å². The van der Waals surface area contributed by atoms with Crippen LogP contribution >= 0.6 is 0 Å². The van der Waals surface area contributed by atoms with E-state index in [0.29, 0.717) is 0 Å². The summed E-state index contributed by atoms with van der Waals surface area (Å²) in [6, 6.07) is -4.66. The quantitative estimate of drug-likeness (QED) is 0.0683. The van der Waals surface area contributed by atoms with Crippen LogP contribution in [0.1, 0.15) is 20.8 Å². The Morgan fingerprint density at radius 2 is 0.800 bits per heavy atom. The van der Waals surface area contributed by atoms with Crippen molar-refractivity contribution in [1.29, 1.82) is 0 Å². The van der Waals surface area contributed by atoms with Crippen LogP contribution in [0.2, 0.25) is 0 Å². The molecular formula is C36H61N3O26. The maximum atomic E-state index is 12.4. The molecule has 5 saturated heterocycles. The number of hydrogen-bond acceptors (Lipinski definition) is 26. The van der Waals surface area contributed by atoms with E-state index >= 15 is 0 Å². The van der Waals surface area contributed by atoms with Crippen LogP contribution in [-0.2, 0) is 57.0 Å². The van der Waals surface area contributed by atoms with Crippen molar-refractivity contribution in [3.05, 3.63) is 0 Å². The summed E-state index contributed by atoms with van der Waals surface area (Å²) < 4.78 is 51.1. The number of nitrogens with one attached hydrogen (secondary N) is 3. The zero-order valence-corrected chi connectivity index (χ0v) is 35.1. The Labute approximate surface area is 369 Å². The van der Waals surface area contributed by atoms with Crippen molar-refractivity contribution in [2.24, 2.45) is 0 Å². The first-order chi connectivity index (χ1) is 30.7. The number of rotatable bonds is 16. The molecule has 0 aromatic carbocycles. The summed E-state index contributed by atoms with van der Waals surface area (Å²) in [7, 11) is 0. The van der Waals surface area contributed by atoms with Gasteiger partial charge in [0.05, 0.1) is 33.0 Å². The zero-order valence-electron chi connectivity index (χ0n) is 35.1. The summed E-state index contributed by atoms with van der Waals surface area (Å²) in [6.07, 6.45) is -39.1. The monoisotopic (exact) mass is 951 g/mol. The molecule has 0 bridgehead atoms. The minimum atomic E-state index is -2.09. The minimum Gasteiger partial charge on any atom is -0.394 e. The molecule has 65 heavy (non-hydrogen) atoms. The van der Waals surface area contributed by atoms with Crippen LogP contribution in [0.4, 0.5) is 0 Å². The molecule has 376 valence electrons. The molecule has 5 aliphatic heterocycles. The van der Waals surface area contributed by atoms with Crippen molar-refractivity contribution < 1.29 is 129 Å².